The van der Waals surface area contributed by atoms with Crippen LogP contribution in [0.4, 0.5) is 0 Å². The molecule has 5 heteroatoms. The van der Waals surface area contributed by atoms with Gasteiger partial charge in [-0.1, -0.05) is 18.2 Å². The van der Waals surface area contributed by atoms with Crippen molar-refractivity contribution in [2.75, 3.05) is 19.6 Å². The zero-order valence-corrected chi connectivity index (χ0v) is 13.5. The summed E-state index contributed by atoms with van der Waals surface area (Å²) in [7, 11) is 0. The van der Waals surface area contributed by atoms with Crippen LogP contribution < -0.4 is 5.32 Å². The molecule has 5 nitrogen and oxygen atoms in total. The van der Waals surface area contributed by atoms with E-state index in [4.69, 9.17) is 0 Å². The van der Waals surface area contributed by atoms with Crippen LogP contribution in [0.15, 0.2) is 30.5 Å². The monoisotopic (exact) mass is 313 g/mol. The van der Waals surface area contributed by atoms with Crippen LogP contribution in [0, 0.1) is 5.92 Å². The van der Waals surface area contributed by atoms with Crippen LogP contribution in [-0.2, 0) is 16.0 Å². The number of nitrogens with one attached hydrogen (secondary N) is 2. The quantitative estimate of drug-likeness (QED) is 0.907. The fraction of sp³-hybridized carbons (Fsp3) is 0.444. The highest BCUT2D eigenvalue weighted by molar-refractivity contribution is 5.88. The molecule has 1 aromatic heterocycles. The number of amides is 2. The molecule has 0 radical (unpaired) electrons. The van der Waals surface area contributed by atoms with Gasteiger partial charge in [-0.2, -0.15) is 0 Å². The van der Waals surface area contributed by atoms with Gasteiger partial charge in [0.15, 0.2) is 0 Å². The summed E-state index contributed by atoms with van der Waals surface area (Å²) >= 11 is 0. The van der Waals surface area contributed by atoms with E-state index in [2.05, 4.69) is 10.3 Å². The van der Waals surface area contributed by atoms with Crippen molar-refractivity contribution in [2.24, 2.45) is 5.92 Å². The van der Waals surface area contributed by atoms with Gasteiger partial charge in [-0.05, 0) is 30.4 Å². The molecule has 1 aliphatic heterocycles. The minimum Gasteiger partial charge on any atom is -0.361 e. The number of nitrogens with zero attached hydrogens (tertiary/aromatic N) is 1. The number of carbonyl (C=O) groups is 2. The second kappa shape index (κ2) is 6.86. The van der Waals surface area contributed by atoms with Crippen LogP contribution in [0.25, 0.3) is 10.9 Å². The van der Waals surface area contributed by atoms with Crippen molar-refractivity contribution in [1.82, 2.24) is 15.2 Å². The molecule has 0 unspecified atom stereocenters. The van der Waals surface area contributed by atoms with Gasteiger partial charge in [0.05, 0.1) is 6.42 Å². The van der Waals surface area contributed by atoms with E-state index in [1.54, 1.807) is 6.92 Å². The Bertz CT molecular complexity index is 699. The van der Waals surface area contributed by atoms with Crippen molar-refractivity contribution in [1.29, 1.82) is 0 Å². The number of benzene rings is 1. The molecule has 0 atom stereocenters. The second-order valence-electron chi connectivity index (χ2n) is 6.29. The number of fused-ring (bicyclic) bond motifs is 1. The van der Waals surface area contributed by atoms with Crippen LogP contribution in [0.2, 0.25) is 0 Å². The number of aromatic nitrogens is 1. The van der Waals surface area contributed by atoms with E-state index in [-0.39, 0.29) is 11.8 Å². The molecule has 122 valence electrons. The number of H-pyrrole nitrogens is 1. The highest BCUT2D eigenvalue weighted by atomic mass is 16.2. The summed E-state index contributed by atoms with van der Waals surface area (Å²) in [5.74, 6) is 0.674. The van der Waals surface area contributed by atoms with E-state index in [1.807, 2.05) is 35.4 Å². The molecule has 2 amide bonds. The summed E-state index contributed by atoms with van der Waals surface area (Å²) in [6.45, 7) is 3.92. The predicted octanol–water partition coefficient (Wildman–Crippen LogP) is 2.09. The summed E-state index contributed by atoms with van der Waals surface area (Å²) in [4.78, 5) is 28.6. The van der Waals surface area contributed by atoms with E-state index in [9.17, 15) is 9.59 Å². The molecule has 1 saturated heterocycles. The number of rotatable bonds is 4. The van der Waals surface area contributed by atoms with Gasteiger partial charge in [0.1, 0.15) is 0 Å². The molecule has 1 aromatic carbocycles. The first-order chi connectivity index (χ1) is 11.1. The molecule has 3 rings (SSSR count). The van der Waals surface area contributed by atoms with Gasteiger partial charge in [0.25, 0.3) is 0 Å². The van der Waals surface area contributed by atoms with Crippen molar-refractivity contribution < 1.29 is 9.59 Å². The van der Waals surface area contributed by atoms with Crippen LogP contribution in [-0.4, -0.2) is 41.3 Å². The number of hydrogen-bond acceptors (Lipinski definition) is 2. The van der Waals surface area contributed by atoms with E-state index in [0.29, 0.717) is 18.9 Å². The van der Waals surface area contributed by atoms with Gasteiger partial charge in [-0.25, -0.2) is 0 Å². The number of carbonyl (C=O) groups excluding carboxylic acids is 2. The van der Waals surface area contributed by atoms with Crippen LogP contribution in [0.3, 0.4) is 0 Å². The Morgan fingerprint density at radius 2 is 2.00 bits per heavy atom. The standard InChI is InChI=1S/C18H23N3O2/c1-13(22)21-8-6-14(7-9-21)11-20-18(23)10-15-12-19-17-5-3-2-4-16(15)17/h2-5,12,14,19H,6-11H2,1H3,(H,20,23). The van der Waals surface area contributed by atoms with Crippen molar-refractivity contribution >= 4 is 22.7 Å². The summed E-state index contributed by atoms with van der Waals surface area (Å²) in [5.41, 5.74) is 2.09. The zero-order chi connectivity index (χ0) is 16.2. The van der Waals surface area contributed by atoms with E-state index >= 15 is 0 Å². The predicted molar refractivity (Wildman–Crippen MR) is 90.0 cm³/mol. The highest BCUT2D eigenvalue weighted by Crippen LogP contribution is 2.19. The summed E-state index contributed by atoms with van der Waals surface area (Å²) in [6, 6.07) is 8.02. The fourth-order valence-electron chi connectivity index (χ4n) is 3.22. The Hall–Kier alpha value is -2.30. The van der Waals surface area contributed by atoms with Gasteiger partial charge in [0, 0.05) is 43.7 Å². The molecule has 2 heterocycles. The highest BCUT2D eigenvalue weighted by Gasteiger charge is 2.21. The van der Waals surface area contributed by atoms with E-state index in [1.165, 1.54) is 0 Å². The Balaban J connectivity index is 1.48. The topological polar surface area (TPSA) is 65.2 Å². The molecule has 0 saturated carbocycles. The van der Waals surface area contributed by atoms with Gasteiger partial charge >= 0.3 is 0 Å². The molecule has 23 heavy (non-hydrogen) atoms. The third-order valence-electron chi connectivity index (χ3n) is 4.67. The van der Waals surface area contributed by atoms with Crippen LogP contribution in [0.5, 0.6) is 0 Å². The lowest BCUT2D eigenvalue weighted by Crippen LogP contribution is -2.40. The maximum Gasteiger partial charge on any atom is 0.224 e. The maximum absolute atomic E-state index is 12.2. The molecular weight excluding hydrogens is 290 g/mol. The van der Waals surface area contributed by atoms with E-state index < -0.39 is 0 Å². The molecule has 0 bridgehead atoms. The third-order valence-corrected chi connectivity index (χ3v) is 4.67. The lowest BCUT2D eigenvalue weighted by atomic mass is 9.96. The van der Waals surface area contributed by atoms with Gasteiger partial charge in [-0.3, -0.25) is 9.59 Å². The molecule has 1 fully saturated rings. The molecule has 2 N–H and O–H groups in total. The SMILES string of the molecule is CC(=O)N1CCC(CNC(=O)Cc2c[nH]c3ccccc23)CC1. The lowest BCUT2D eigenvalue weighted by Gasteiger charge is -2.31. The average molecular weight is 313 g/mol. The third kappa shape index (κ3) is 3.73. The number of hydrogen-bond donors (Lipinski definition) is 2. The summed E-state index contributed by atoms with van der Waals surface area (Å²) in [6.07, 6.45) is 4.24. The van der Waals surface area contributed by atoms with Crippen molar-refractivity contribution in [2.45, 2.75) is 26.2 Å². The number of likely N-dealkylation sites (tertiary alicyclic amines) is 1. The smallest absolute Gasteiger partial charge is 0.224 e. The van der Waals surface area contributed by atoms with Gasteiger partial charge < -0.3 is 15.2 Å². The fourth-order valence-corrected chi connectivity index (χ4v) is 3.22. The number of piperidine rings is 1. The van der Waals surface area contributed by atoms with Crippen molar-refractivity contribution in [3.63, 3.8) is 0 Å². The zero-order valence-electron chi connectivity index (χ0n) is 13.5. The minimum absolute atomic E-state index is 0.0590. The molecule has 2 aromatic rings. The Kier molecular flexibility index (Phi) is 4.65. The molecular formula is C18H23N3O2. The normalized spacial score (nSPS) is 15.8. The molecule has 0 aliphatic carbocycles. The van der Waals surface area contributed by atoms with Crippen molar-refractivity contribution in [3.8, 4) is 0 Å². The average Bonchev–Trinajstić information content (AvgIpc) is 2.96. The second-order valence-corrected chi connectivity index (χ2v) is 6.29. The van der Waals surface area contributed by atoms with Gasteiger partial charge in [-0.15, -0.1) is 0 Å². The number of aromatic amines is 1. The Labute approximate surface area is 136 Å². The first-order valence-electron chi connectivity index (χ1n) is 8.20. The molecule has 0 spiro atoms. The van der Waals surface area contributed by atoms with Crippen LogP contribution in [0.1, 0.15) is 25.3 Å². The Morgan fingerprint density at radius 1 is 1.26 bits per heavy atom. The lowest BCUT2D eigenvalue weighted by molar-refractivity contribution is -0.130. The maximum atomic E-state index is 12.2. The van der Waals surface area contributed by atoms with Gasteiger partial charge in [0.2, 0.25) is 11.8 Å². The number of para-hydroxylation sites is 1. The minimum atomic E-state index is 0.0590. The summed E-state index contributed by atoms with van der Waals surface area (Å²) < 4.78 is 0. The largest absolute Gasteiger partial charge is 0.361 e. The van der Waals surface area contributed by atoms with Crippen molar-refractivity contribution in [3.05, 3.63) is 36.0 Å². The molecule has 1 aliphatic rings. The first-order valence-corrected chi connectivity index (χ1v) is 8.20. The van der Waals surface area contributed by atoms with Crippen LogP contribution >= 0.6 is 0 Å². The Morgan fingerprint density at radius 3 is 2.74 bits per heavy atom. The first kappa shape index (κ1) is 15.6. The summed E-state index contributed by atoms with van der Waals surface area (Å²) in [5, 5.41) is 4.15. The van der Waals surface area contributed by atoms with E-state index in [0.717, 1.165) is 42.4 Å².